The van der Waals surface area contributed by atoms with Gasteiger partial charge in [0.1, 0.15) is 5.00 Å². The quantitative estimate of drug-likeness (QED) is 0.593. The molecule has 0 bridgehead atoms. The summed E-state index contributed by atoms with van der Waals surface area (Å²) in [6.45, 7) is 0. The lowest BCUT2D eigenvalue weighted by atomic mass is 10.1. The van der Waals surface area contributed by atoms with E-state index in [4.69, 9.17) is 5.73 Å². The van der Waals surface area contributed by atoms with Gasteiger partial charge in [0, 0.05) is 17.5 Å². The lowest BCUT2D eigenvalue weighted by molar-refractivity contribution is 0.100. The van der Waals surface area contributed by atoms with Crippen molar-refractivity contribution in [2.75, 3.05) is 16.7 Å². The second kappa shape index (κ2) is 8.16. The number of nitrogens with zero attached hydrogens (tertiary/aromatic N) is 1. The van der Waals surface area contributed by atoms with Crippen molar-refractivity contribution < 1.29 is 18.0 Å². The molecule has 1 heterocycles. The number of hydrogen-bond acceptors (Lipinski definition) is 5. The number of benzene rings is 2. The normalized spacial score (nSPS) is 12.9. The molecule has 3 N–H and O–H groups in total. The average Bonchev–Trinajstić information content (AvgIpc) is 3.34. The summed E-state index contributed by atoms with van der Waals surface area (Å²) in [6, 6.07) is 14.4. The summed E-state index contributed by atoms with van der Waals surface area (Å²) in [5.41, 5.74) is 7.67. The van der Waals surface area contributed by atoms with Gasteiger partial charge in [-0.1, -0.05) is 18.2 Å². The molecule has 31 heavy (non-hydrogen) atoms. The van der Waals surface area contributed by atoms with Crippen molar-refractivity contribution >= 4 is 43.9 Å². The van der Waals surface area contributed by atoms with E-state index in [-0.39, 0.29) is 10.5 Å². The van der Waals surface area contributed by atoms with Crippen molar-refractivity contribution in [1.29, 1.82) is 0 Å². The van der Waals surface area contributed by atoms with Crippen molar-refractivity contribution in [2.45, 2.75) is 24.2 Å². The van der Waals surface area contributed by atoms with Gasteiger partial charge in [-0.2, -0.15) is 0 Å². The summed E-state index contributed by atoms with van der Waals surface area (Å²) in [6.07, 6.45) is 2.63. The van der Waals surface area contributed by atoms with Gasteiger partial charge in [-0.25, -0.2) is 8.42 Å². The number of sulfonamides is 1. The third-order valence-corrected chi connectivity index (χ3v) is 8.30. The van der Waals surface area contributed by atoms with Crippen LogP contribution in [0.4, 0.5) is 10.7 Å². The Bertz CT molecular complexity index is 1250. The lowest BCUT2D eigenvalue weighted by Crippen LogP contribution is -2.26. The Morgan fingerprint density at radius 1 is 1.03 bits per heavy atom. The van der Waals surface area contributed by atoms with Gasteiger partial charge in [-0.05, 0) is 61.2 Å². The topological polar surface area (TPSA) is 110 Å². The predicted molar refractivity (Wildman–Crippen MR) is 121 cm³/mol. The molecule has 1 aliphatic rings. The van der Waals surface area contributed by atoms with Crippen molar-refractivity contribution in [1.82, 2.24) is 0 Å². The van der Waals surface area contributed by atoms with Gasteiger partial charge in [-0.15, -0.1) is 11.3 Å². The summed E-state index contributed by atoms with van der Waals surface area (Å²) < 4.78 is 26.9. The van der Waals surface area contributed by atoms with E-state index in [1.165, 1.54) is 47.0 Å². The number of primary amides is 1. The maximum absolute atomic E-state index is 12.9. The fourth-order valence-electron chi connectivity index (χ4n) is 3.64. The SMILES string of the molecule is CN(c1ccccc1)S(=O)(=O)c1ccc(C(=O)Nc2sc3c(c2C(N)=O)CCC3)cc1. The number of nitrogens with one attached hydrogen (secondary N) is 1. The maximum atomic E-state index is 12.9. The maximum Gasteiger partial charge on any atom is 0.264 e. The first-order valence-electron chi connectivity index (χ1n) is 9.69. The zero-order valence-electron chi connectivity index (χ0n) is 16.8. The minimum atomic E-state index is -3.77. The number of carbonyl (C=O) groups excluding carboxylic acids is 2. The molecule has 1 aromatic heterocycles. The largest absolute Gasteiger partial charge is 0.365 e. The molecule has 0 aliphatic heterocycles. The van der Waals surface area contributed by atoms with Crippen LogP contribution in [0.15, 0.2) is 59.5 Å². The van der Waals surface area contributed by atoms with Gasteiger partial charge >= 0.3 is 0 Å². The van der Waals surface area contributed by atoms with E-state index < -0.39 is 21.8 Å². The molecule has 7 nitrogen and oxygen atoms in total. The molecule has 0 unspecified atom stereocenters. The van der Waals surface area contributed by atoms with Crippen LogP contribution in [0.25, 0.3) is 0 Å². The third kappa shape index (κ3) is 3.94. The highest BCUT2D eigenvalue weighted by Gasteiger charge is 2.27. The van der Waals surface area contributed by atoms with E-state index in [1.807, 2.05) is 6.07 Å². The van der Waals surface area contributed by atoms with Gasteiger partial charge in [0.2, 0.25) is 0 Å². The van der Waals surface area contributed by atoms with Gasteiger partial charge in [-0.3, -0.25) is 13.9 Å². The van der Waals surface area contributed by atoms with Crippen LogP contribution in [-0.4, -0.2) is 27.3 Å². The molecule has 2 amide bonds. The van der Waals surface area contributed by atoms with E-state index in [0.717, 1.165) is 29.7 Å². The molecule has 3 aromatic rings. The van der Waals surface area contributed by atoms with Crippen LogP contribution in [0.1, 0.15) is 37.6 Å². The molecule has 0 saturated carbocycles. The van der Waals surface area contributed by atoms with Crippen LogP contribution < -0.4 is 15.4 Å². The molecule has 0 spiro atoms. The number of carbonyl (C=O) groups is 2. The van der Waals surface area contributed by atoms with E-state index in [0.29, 0.717) is 16.3 Å². The zero-order valence-corrected chi connectivity index (χ0v) is 18.4. The molecular weight excluding hydrogens is 434 g/mol. The minimum absolute atomic E-state index is 0.0725. The summed E-state index contributed by atoms with van der Waals surface area (Å²) in [5, 5.41) is 3.21. The van der Waals surface area contributed by atoms with Crippen molar-refractivity contribution in [2.24, 2.45) is 5.73 Å². The highest BCUT2D eigenvalue weighted by molar-refractivity contribution is 7.92. The Morgan fingerprint density at radius 2 is 1.71 bits per heavy atom. The summed E-state index contributed by atoms with van der Waals surface area (Å²) in [4.78, 5) is 25.8. The summed E-state index contributed by atoms with van der Waals surface area (Å²) >= 11 is 1.37. The zero-order chi connectivity index (χ0) is 22.2. The van der Waals surface area contributed by atoms with E-state index in [1.54, 1.807) is 24.3 Å². The molecule has 9 heteroatoms. The standard InChI is InChI=1S/C22H21N3O4S2/c1-25(15-6-3-2-4-7-15)31(28,29)16-12-10-14(11-13-16)21(27)24-22-19(20(23)26)17-8-5-9-18(17)30-22/h2-4,6-7,10-13H,5,8-9H2,1H3,(H2,23,26)(H,24,27). The first-order chi connectivity index (χ1) is 14.8. The van der Waals surface area contributed by atoms with Crippen molar-refractivity contribution in [3.8, 4) is 0 Å². The summed E-state index contributed by atoms with van der Waals surface area (Å²) in [5.74, 6) is -0.983. The van der Waals surface area contributed by atoms with Crippen LogP contribution in [0.2, 0.25) is 0 Å². The first-order valence-corrected chi connectivity index (χ1v) is 11.9. The van der Waals surface area contributed by atoms with E-state index >= 15 is 0 Å². The Morgan fingerprint density at radius 3 is 2.35 bits per heavy atom. The lowest BCUT2D eigenvalue weighted by Gasteiger charge is -2.19. The van der Waals surface area contributed by atoms with Gasteiger partial charge < -0.3 is 11.1 Å². The average molecular weight is 456 g/mol. The van der Waals surface area contributed by atoms with Gasteiger partial charge in [0.05, 0.1) is 16.1 Å². The second-order valence-electron chi connectivity index (χ2n) is 7.21. The first kappa shape index (κ1) is 21.1. The number of rotatable bonds is 6. The molecule has 2 aromatic carbocycles. The van der Waals surface area contributed by atoms with Gasteiger partial charge in [0.15, 0.2) is 0 Å². The number of aryl methyl sites for hydroxylation is 1. The van der Waals surface area contributed by atoms with Gasteiger partial charge in [0.25, 0.3) is 21.8 Å². The highest BCUT2D eigenvalue weighted by Crippen LogP contribution is 2.39. The molecule has 0 fully saturated rings. The fraction of sp³-hybridized carbons (Fsp3) is 0.182. The molecule has 0 saturated heterocycles. The minimum Gasteiger partial charge on any atom is -0.365 e. The Labute approximate surface area is 184 Å². The number of hydrogen-bond donors (Lipinski definition) is 2. The highest BCUT2D eigenvalue weighted by atomic mass is 32.2. The Kier molecular flexibility index (Phi) is 5.55. The smallest absolute Gasteiger partial charge is 0.264 e. The Balaban J connectivity index is 1.55. The van der Waals surface area contributed by atoms with E-state index in [2.05, 4.69) is 5.32 Å². The number of fused-ring (bicyclic) bond motifs is 1. The fourth-order valence-corrected chi connectivity index (χ4v) is 6.13. The molecular formula is C22H21N3O4S2. The molecule has 1 aliphatic carbocycles. The van der Waals surface area contributed by atoms with Crippen LogP contribution in [0, 0.1) is 0 Å². The van der Waals surface area contributed by atoms with Crippen LogP contribution >= 0.6 is 11.3 Å². The predicted octanol–water partition coefficient (Wildman–Crippen LogP) is 3.41. The number of anilines is 2. The molecule has 4 rings (SSSR count). The summed E-state index contributed by atoms with van der Waals surface area (Å²) in [7, 11) is -2.29. The molecule has 0 atom stereocenters. The molecule has 160 valence electrons. The van der Waals surface area contributed by atoms with Crippen LogP contribution in [-0.2, 0) is 22.9 Å². The monoisotopic (exact) mass is 455 g/mol. The third-order valence-electron chi connectivity index (χ3n) is 5.29. The van der Waals surface area contributed by atoms with Crippen molar-refractivity contribution in [3.63, 3.8) is 0 Å². The van der Waals surface area contributed by atoms with Crippen molar-refractivity contribution in [3.05, 3.63) is 76.2 Å². The molecule has 0 radical (unpaired) electrons. The number of thiophene rings is 1. The van der Waals surface area contributed by atoms with Crippen LogP contribution in [0.3, 0.4) is 0 Å². The van der Waals surface area contributed by atoms with Crippen LogP contribution in [0.5, 0.6) is 0 Å². The number of amides is 2. The number of para-hydroxylation sites is 1. The number of nitrogens with two attached hydrogens (primary N) is 1. The Hall–Kier alpha value is -3.17. The van der Waals surface area contributed by atoms with E-state index in [9.17, 15) is 18.0 Å². The second-order valence-corrected chi connectivity index (χ2v) is 10.3.